The SMILES string of the molecule is Cc1ccccc1N(C)c1cc(N)ccn1. The van der Waals surface area contributed by atoms with Crippen LogP contribution < -0.4 is 10.6 Å². The van der Waals surface area contributed by atoms with Crippen molar-refractivity contribution in [2.75, 3.05) is 17.7 Å². The molecule has 2 N–H and O–H groups in total. The third-order valence-corrected chi connectivity index (χ3v) is 2.59. The molecule has 0 aliphatic rings. The van der Waals surface area contributed by atoms with Gasteiger partial charge in [0.15, 0.2) is 0 Å². The van der Waals surface area contributed by atoms with Gasteiger partial charge in [-0.15, -0.1) is 0 Å². The van der Waals surface area contributed by atoms with Gasteiger partial charge < -0.3 is 10.6 Å². The summed E-state index contributed by atoms with van der Waals surface area (Å²) in [5, 5.41) is 0. The third kappa shape index (κ3) is 1.98. The fraction of sp³-hybridized carbons (Fsp3) is 0.154. The molecule has 3 nitrogen and oxygen atoms in total. The van der Waals surface area contributed by atoms with E-state index >= 15 is 0 Å². The second kappa shape index (κ2) is 4.23. The highest BCUT2D eigenvalue weighted by Gasteiger charge is 2.07. The Morgan fingerprint density at radius 3 is 2.62 bits per heavy atom. The summed E-state index contributed by atoms with van der Waals surface area (Å²) in [7, 11) is 1.99. The van der Waals surface area contributed by atoms with Crippen molar-refractivity contribution in [3.8, 4) is 0 Å². The second-order valence-electron chi connectivity index (χ2n) is 3.79. The van der Waals surface area contributed by atoms with Crippen LogP contribution in [0.3, 0.4) is 0 Å². The Morgan fingerprint density at radius 1 is 1.19 bits per heavy atom. The lowest BCUT2D eigenvalue weighted by molar-refractivity contribution is 1.12. The number of para-hydroxylation sites is 1. The van der Waals surface area contributed by atoms with Gasteiger partial charge in [0.2, 0.25) is 0 Å². The first-order valence-electron chi connectivity index (χ1n) is 5.19. The summed E-state index contributed by atoms with van der Waals surface area (Å²) < 4.78 is 0. The third-order valence-electron chi connectivity index (χ3n) is 2.59. The molecule has 82 valence electrons. The van der Waals surface area contributed by atoms with Crippen molar-refractivity contribution in [3.63, 3.8) is 0 Å². The van der Waals surface area contributed by atoms with E-state index in [1.54, 1.807) is 12.3 Å². The molecule has 0 aliphatic heterocycles. The lowest BCUT2D eigenvalue weighted by Gasteiger charge is -2.20. The lowest BCUT2D eigenvalue weighted by atomic mass is 10.2. The molecule has 0 atom stereocenters. The van der Waals surface area contributed by atoms with Crippen LogP contribution in [-0.4, -0.2) is 12.0 Å². The molecule has 16 heavy (non-hydrogen) atoms. The van der Waals surface area contributed by atoms with Crippen molar-refractivity contribution in [3.05, 3.63) is 48.2 Å². The molecule has 1 aromatic heterocycles. The molecule has 0 amide bonds. The Kier molecular flexibility index (Phi) is 2.77. The minimum absolute atomic E-state index is 0.727. The van der Waals surface area contributed by atoms with E-state index in [4.69, 9.17) is 5.73 Å². The van der Waals surface area contributed by atoms with E-state index in [0.717, 1.165) is 17.2 Å². The van der Waals surface area contributed by atoms with E-state index in [1.165, 1.54) is 5.56 Å². The summed E-state index contributed by atoms with van der Waals surface area (Å²) in [5.41, 5.74) is 8.83. The molecule has 2 aromatic rings. The van der Waals surface area contributed by atoms with Crippen molar-refractivity contribution in [1.82, 2.24) is 4.98 Å². The van der Waals surface area contributed by atoms with E-state index in [2.05, 4.69) is 24.0 Å². The normalized spacial score (nSPS) is 10.1. The Balaban J connectivity index is 2.39. The van der Waals surface area contributed by atoms with Crippen LogP contribution in [0.2, 0.25) is 0 Å². The predicted molar refractivity (Wildman–Crippen MR) is 67.9 cm³/mol. The zero-order valence-corrected chi connectivity index (χ0v) is 9.51. The predicted octanol–water partition coefficient (Wildman–Crippen LogP) is 2.74. The minimum Gasteiger partial charge on any atom is -0.399 e. The fourth-order valence-electron chi connectivity index (χ4n) is 1.68. The first-order valence-corrected chi connectivity index (χ1v) is 5.19. The van der Waals surface area contributed by atoms with Gasteiger partial charge in [-0.25, -0.2) is 4.98 Å². The van der Waals surface area contributed by atoms with Crippen LogP contribution in [0.15, 0.2) is 42.6 Å². The first-order chi connectivity index (χ1) is 7.68. The highest BCUT2D eigenvalue weighted by Crippen LogP contribution is 2.25. The lowest BCUT2D eigenvalue weighted by Crippen LogP contribution is -2.12. The molecule has 0 aliphatic carbocycles. The van der Waals surface area contributed by atoms with E-state index in [-0.39, 0.29) is 0 Å². The smallest absolute Gasteiger partial charge is 0.134 e. The molecular formula is C13H15N3. The number of hydrogen-bond acceptors (Lipinski definition) is 3. The standard InChI is InChI=1S/C13H15N3/c1-10-5-3-4-6-12(10)16(2)13-9-11(14)7-8-15-13/h3-9H,1-2H3,(H2,14,15). The topological polar surface area (TPSA) is 42.1 Å². The Bertz CT molecular complexity index is 494. The number of nitrogens with zero attached hydrogens (tertiary/aromatic N) is 2. The second-order valence-corrected chi connectivity index (χ2v) is 3.79. The number of nitrogens with two attached hydrogens (primary N) is 1. The summed E-state index contributed by atoms with van der Waals surface area (Å²) in [4.78, 5) is 6.34. The Morgan fingerprint density at radius 2 is 1.94 bits per heavy atom. The first kappa shape index (κ1) is 10.5. The summed E-state index contributed by atoms with van der Waals surface area (Å²) in [6, 6.07) is 11.9. The van der Waals surface area contributed by atoms with Crippen LogP contribution in [0.1, 0.15) is 5.56 Å². The summed E-state index contributed by atoms with van der Waals surface area (Å²) in [5.74, 6) is 0.856. The van der Waals surface area contributed by atoms with E-state index in [9.17, 15) is 0 Å². The van der Waals surface area contributed by atoms with Crippen LogP contribution in [0.5, 0.6) is 0 Å². The van der Waals surface area contributed by atoms with Crippen LogP contribution in [0, 0.1) is 6.92 Å². The number of rotatable bonds is 2. The van der Waals surface area contributed by atoms with Gasteiger partial charge in [-0.05, 0) is 24.6 Å². The van der Waals surface area contributed by atoms with E-state index in [1.807, 2.05) is 30.1 Å². The molecule has 1 heterocycles. The monoisotopic (exact) mass is 213 g/mol. The Hall–Kier alpha value is -2.03. The highest BCUT2D eigenvalue weighted by molar-refractivity contribution is 5.64. The number of benzene rings is 1. The van der Waals surface area contributed by atoms with Crippen LogP contribution in [0.25, 0.3) is 0 Å². The molecule has 0 fully saturated rings. The zero-order chi connectivity index (χ0) is 11.5. The van der Waals surface area contributed by atoms with Gasteiger partial charge >= 0.3 is 0 Å². The number of anilines is 3. The van der Waals surface area contributed by atoms with Crippen LogP contribution >= 0.6 is 0 Å². The summed E-state index contributed by atoms with van der Waals surface area (Å²) in [6.07, 6.45) is 1.72. The van der Waals surface area contributed by atoms with Crippen molar-refractivity contribution in [2.45, 2.75) is 6.92 Å². The maximum atomic E-state index is 5.75. The molecule has 0 saturated carbocycles. The average molecular weight is 213 g/mol. The van der Waals surface area contributed by atoms with Crippen LogP contribution in [-0.2, 0) is 0 Å². The molecular weight excluding hydrogens is 198 g/mol. The van der Waals surface area contributed by atoms with Crippen molar-refractivity contribution < 1.29 is 0 Å². The largest absolute Gasteiger partial charge is 0.399 e. The fourth-order valence-corrected chi connectivity index (χ4v) is 1.68. The maximum absolute atomic E-state index is 5.75. The molecule has 0 radical (unpaired) electrons. The minimum atomic E-state index is 0.727. The van der Waals surface area contributed by atoms with Gasteiger partial charge in [0.25, 0.3) is 0 Å². The van der Waals surface area contributed by atoms with Crippen molar-refractivity contribution in [1.29, 1.82) is 0 Å². The number of pyridine rings is 1. The molecule has 0 unspecified atom stereocenters. The van der Waals surface area contributed by atoms with Gasteiger partial charge in [0.1, 0.15) is 5.82 Å². The summed E-state index contributed by atoms with van der Waals surface area (Å²) >= 11 is 0. The van der Waals surface area contributed by atoms with Crippen molar-refractivity contribution in [2.24, 2.45) is 0 Å². The van der Waals surface area contributed by atoms with Crippen LogP contribution in [0.4, 0.5) is 17.2 Å². The van der Waals surface area contributed by atoms with Gasteiger partial charge in [-0.2, -0.15) is 0 Å². The zero-order valence-electron chi connectivity index (χ0n) is 9.51. The number of hydrogen-bond donors (Lipinski definition) is 1. The molecule has 0 bridgehead atoms. The maximum Gasteiger partial charge on any atom is 0.134 e. The highest BCUT2D eigenvalue weighted by atomic mass is 15.2. The van der Waals surface area contributed by atoms with Gasteiger partial charge in [0.05, 0.1) is 0 Å². The molecule has 3 heteroatoms. The molecule has 0 saturated heterocycles. The van der Waals surface area contributed by atoms with Gasteiger partial charge in [-0.3, -0.25) is 0 Å². The number of nitrogen functional groups attached to an aromatic ring is 1. The Labute approximate surface area is 95.5 Å². The number of aromatic nitrogens is 1. The van der Waals surface area contributed by atoms with Gasteiger partial charge in [0, 0.05) is 30.7 Å². The van der Waals surface area contributed by atoms with E-state index < -0.39 is 0 Å². The van der Waals surface area contributed by atoms with Crippen molar-refractivity contribution >= 4 is 17.2 Å². The van der Waals surface area contributed by atoms with Gasteiger partial charge in [-0.1, -0.05) is 18.2 Å². The van der Waals surface area contributed by atoms with E-state index in [0.29, 0.717) is 0 Å². The number of aryl methyl sites for hydroxylation is 1. The summed E-state index contributed by atoms with van der Waals surface area (Å²) in [6.45, 7) is 2.08. The quantitative estimate of drug-likeness (QED) is 0.834. The average Bonchev–Trinajstić information content (AvgIpc) is 2.29. The molecule has 2 rings (SSSR count). The molecule has 0 spiro atoms. The molecule has 1 aromatic carbocycles.